The molecule has 0 fully saturated rings. The van der Waals surface area contributed by atoms with Gasteiger partial charge >= 0.3 is 0 Å². The van der Waals surface area contributed by atoms with E-state index in [0.717, 1.165) is 16.3 Å². The van der Waals surface area contributed by atoms with Crippen molar-refractivity contribution < 1.29 is 14.5 Å². The van der Waals surface area contributed by atoms with Crippen LogP contribution >= 0.6 is 0 Å². The molecule has 0 aliphatic rings. The number of rotatable bonds is 6. The molecule has 0 heterocycles. The third-order valence-corrected chi connectivity index (χ3v) is 4.05. The highest BCUT2D eigenvalue weighted by Crippen LogP contribution is 2.22. The summed E-state index contributed by atoms with van der Waals surface area (Å²) < 4.78 is 5.15. The van der Waals surface area contributed by atoms with Gasteiger partial charge < -0.3 is 4.74 Å². The predicted octanol–water partition coefficient (Wildman–Crippen LogP) is 3.45. The Balaban J connectivity index is 1.72. The van der Waals surface area contributed by atoms with Gasteiger partial charge in [0.1, 0.15) is 5.75 Å². The summed E-state index contributed by atoms with van der Waals surface area (Å²) in [7, 11) is 1.46. The molecule has 0 spiro atoms. The number of hydrogen-bond acceptors (Lipinski definition) is 5. The Kier molecular flexibility index (Phi) is 5.41. The Morgan fingerprint density at radius 1 is 1.19 bits per heavy atom. The summed E-state index contributed by atoms with van der Waals surface area (Å²) in [5, 5.41) is 16.9. The number of hydrogen-bond donors (Lipinski definition) is 1. The van der Waals surface area contributed by atoms with E-state index >= 15 is 0 Å². The van der Waals surface area contributed by atoms with Crippen LogP contribution < -0.4 is 10.2 Å². The van der Waals surface area contributed by atoms with Gasteiger partial charge in [-0.15, -0.1) is 0 Å². The largest absolute Gasteiger partial charge is 0.496 e. The van der Waals surface area contributed by atoms with Crippen molar-refractivity contribution >= 4 is 28.6 Å². The summed E-state index contributed by atoms with van der Waals surface area (Å²) in [5.74, 6) is 0.139. The molecular weight excluding hydrogens is 346 g/mol. The molecule has 7 heteroatoms. The first-order valence-corrected chi connectivity index (χ1v) is 8.19. The van der Waals surface area contributed by atoms with Crippen LogP contribution in [0.2, 0.25) is 0 Å². The van der Waals surface area contributed by atoms with E-state index in [1.807, 2.05) is 42.5 Å². The van der Waals surface area contributed by atoms with Crippen molar-refractivity contribution in [2.75, 3.05) is 7.11 Å². The molecule has 0 aromatic heterocycles. The van der Waals surface area contributed by atoms with Crippen molar-refractivity contribution in [1.82, 2.24) is 5.43 Å². The maximum absolute atomic E-state index is 12.2. The highest BCUT2D eigenvalue weighted by Gasteiger charge is 2.10. The Bertz CT molecular complexity index is 1030. The molecule has 0 saturated heterocycles. The summed E-state index contributed by atoms with van der Waals surface area (Å²) in [6.45, 7) is 0. The van der Waals surface area contributed by atoms with Crippen LogP contribution in [0.5, 0.6) is 5.75 Å². The number of amides is 1. The second-order valence-electron chi connectivity index (χ2n) is 5.79. The zero-order valence-corrected chi connectivity index (χ0v) is 14.6. The van der Waals surface area contributed by atoms with E-state index in [4.69, 9.17) is 4.74 Å². The van der Waals surface area contributed by atoms with Crippen LogP contribution in [0.1, 0.15) is 11.1 Å². The monoisotopic (exact) mass is 363 g/mol. The Morgan fingerprint density at radius 3 is 2.74 bits per heavy atom. The minimum absolute atomic E-state index is 0.0840. The number of nitrogens with zero attached hydrogens (tertiary/aromatic N) is 2. The van der Waals surface area contributed by atoms with Crippen molar-refractivity contribution in [1.29, 1.82) is 0 Å². The number of methoxy groups -OCH3 is 1. The second kappa shape index (κ2) is 8.09. The fourth-order valence-electron chi connectivity index (χ4n) is 2.77. The number of carbonyl (C=O) groups is 1. The molecule has 0 radical (unpaired) electrons. The minimum atomic E-state index is -0.504. The number of nitro groups is 1. The third kappa shape index (κ3) is 4.27. The van der Waals surface area contributed by atoms with Crippen LogP contribution in [0.25, 0.3) is 10.8 Å². The quantitative estimate of drug-likeness (QED) is 0.412. The zero-order valence-electron chi connectivity index (χ0n) is 14.6. The van der Waals surface area contributed by atoms with Gasteiger partial charge in [-0.3, -0.25) is 14.9 Å². The standard InChI is InChI=1S/C20H17N3O4/c1-27-19-10-9-17(23(25)26)11-16(19)13-21-22-20(24)12-15-7-4-6-14-5-2-3-8-18(14)15/h2-11,13H,12H2,1H3,(H,22,24)/b21-13+. The lowest BCUT2D eigenvalue weighted by Crippen LogP contribution is -2.20. The second-order valence-corrected chi connectivity index (χ2v) is 5.79. The molecule has 1 amide bonds. The number of non-ortho nitro benzene ring substituents is 1. The van der Waals surface area contributed by atoms with Crippen LogP contribution in [0.15, 0.2) is 65.8 Å². The number of nitrogens with one attached hydrogen (secondary N) is 1. The molecule has 7 nitrogen and oxygen atoms in total. The van der Waals surface area contributed by atoms with Crippen LogP contribution in [-0.2, 0) is 11.2 Å². The number of nitro benzene ring substituents is 1. The van der Waals surface area contributed by atoms with Crippen LogP contribution in [0.3, 0.4) is 0 Å². The number of ether oxygens (including phenoxy) is 1. The van der Waals surface area contributed by atoms with Crippen molar-refractivity contribution in [3.8, 4) is 5.75 Å². The molecule has 136 valence electrons. The molecule has 3 aromatic carbocycles. The van der Waals surface area contributed by atoms with E-state index in [9.17, 15) is 14.9 Å². The van der Waals surface area contributed by atoms with Gasteiger partial charge in [0.15, 0.2) is 0 Å². The smallest absolute Gasteiger partial charge is 0.270 e. The van der Waals surface area contributed by atoms with Crippen LogP contribution in [0, 0.1) is 10.1 Å². The predicted molar refractivity (Wildman–Crippen MR) is 103 cm³/mol. The first-order chi connectivity index (χ1) is 13.1. The summed E-state index contributed by atoms with van der Waals surface area (Å²) in [6.07, 6.45) is 1.50. The molecule has 0 aliphatic heterocycles. The van der Waals surface area contributed by atoms with Crippen molar-refractivity contribution in [2.45, 2.75) is 6.42 Å². The first kappa shape index (κ1) is 18.1. The zero-order chi connectivity index (χ0) is 19.2. The first-order valence-electron chi connectivity index (χ1n) is 8.19. The topological polar surface area (TPSA) is 93.8 Å². The van der Waals surface area contributed by atoms with Crippen molar-refractivity contribution in [2.24, 2.45) is 5.10 Å². The number of carbonyl (C=O) groups excluding carboxylic acids is 1. The van der Waals surface area contributed by atoms with Gasteiger partial charge in [-0.1, -0.05) is 42.5 Å². The van der Waals surface area contributed by atoms with Gasteiger partial charge in [-0.05, 0) is 22.4 Å². The molecule has 1 N–H and O–H groups in total. The van der Waals surface area contributed by atoms with Crippen LogP contribution in [-0.4, -0.2) is 24.2 Å². The Hall–Kier alpha value is -3.74. The SMILES string of the molecule is COc1ccc([N+](=O)[O-])cc1/C=N/NC(=O)Cc1cccc2ccccc12. The molecule has 3 rings (SSSR count). The van der Waals surface area contributed by atoms with Gasteiger partial charge in [0.25, 0.3) is 5.69 Å². The van der Waals surface area contributed by atoms with Gasteiger partial charge in [0.2, 0.25) is 5.91 Å². The van der Waals surface area contributed by atoms with E-state index in [1.165, 1.54) is 31.5 Å². The van der Waals surface area contributed by atoms with E-state index in [1.54, 1.807) is 0 Å². The molecule has 0 unspecified atom stereocenters. The fraction of sp³-hybridized carbons (Fsp3) is 0.100. The van der Waals surface area contributed by atoms with E-state index < -0.39 is 4.92 Å². The maximum atomic E-state index is 12.2. The summed E-state index contributed by atoms with van der Waals surface area (Å²) in [5.41, 5.74) is 3.66. The van der Waals surface area contributed by atoms with E-state index in [-0.39, 0.29) is 18.0 Å². The van der Waals surface area contributed by atoms with E-state index in [2.05, 4.69) is 10.5 Å². The summed E-state index contributed by atoms with van der Waals surface area (Å²) in [4.78, 5) is 22.6. The lowest BCUT2D eigenvalue weighted by molar-refractivity contribution is -0.384. The molecule has 27 heavy (non-hydrogen) atoms. The van der Waals surface area contributed by atoms with Gasteiger partial charge in [0.05, 0.1) is 24.7 Å². The number of benzene rings is 3. The highest BCUT2D eigenvalue weighted by molar-refractivity contribution is 5.91. The lowest BCUT2D eigenvalue weighted by Gasteiger charge is -2.06. The van der Waals surface area contributed by atoms with Crippen LogP contribution in [0.4, 0.5) is 5.69 Å². The summed E-state index contributed by atoms with van der Waals surface area (Å²) in [6, 6.07) is 17.8. The number of fused-ring (bicyclic) bond motifs is 1. The molecule has 0 bridgehead atoms. The lowest BCUT2D eigenvalue weighted by atomic mass is 10.0. The molecular formula is C20H17N3O4. The van der Waals surface area contributed by atoms with Crippen molar-refractivity contribution in [3.63, 3.8) is 0 Å². The van der Waals surface area contributed by atoms with Gasteiger partial charge in [-0.25, -0.2) is 5.43 Å². The maximum Gasteiger partial charge on any atom is 0.270 e. The van der Waals surface area contributed by atoms with Gasteiger partial charge in [0, 0.05) is 17.7 Å². The molecule has 3 aromatic rings. The highest BCUT2D eigenvalue weighted by atomic mass is 16.6. The summed E-state index contributed by atoms with van der Waals surface area (Å²) >= 11 is 0. The van der Waals surface area contributed by atoms with Gasteiger partial charge in [-0.2, -0.15) is 5.10 Å². The Morgan fingerprint density at radius 2 is 1.96 bits per heavy atom. The third-order valence-electron chi connectivity index (χ3n) is 4.05. The molecule has 0 aliphatic carbocycles. The average molecular weight is 363 g/mol. The molecule has 0 atom stereocenters. The Labute approximate surface area is 155 Å². The van der Waals surface area contributed by atoms with Crippen molar-refractivity contribution in [3.05, 3.63) is 81.9 Å². The van der Waals surface area contributed by atoms with E-state index in [0.29, 0.717) is 11.3 Å². The average Bonchev–Trinajstić information content (AvgIpc) is 2.68. The number of hydrazone groups is 1. The molecule has 0 saturated carbocycles. The minimum Gasteiger partial charge on any atom is -0.496 e. The fourth-order valence-corrected chi connectivity index (χ4v) is 2.77. The normalized spacial score (nSPS) is 10.9.